The zero-order valence-corrected chi connectivity index (χ0v) is 10.5. The molecular formula is C14H18O3. The van der Waals surface area contributed by atoms with Gasteiger partial charge in [0, 0.05) is 11.0 Å². The van der Waals surface area contributed by atoms with Crippen molar-refractivity contribution in [2.45, 2.75) is 38.5 Å². The van der Waals surface area contributed by atoms with Crippen LogP contribution in [0.4, 0.5) is 0 Å². The molecule has 0 saturated heterocycles. The van der Waals surface area contributed by atoms with Gasteiger partial charge in [-0.2, -0.15) is 0 Å². The Bertz CT molecular complexity index is 459. The number of benzene rings is 1. The predicted molar refractivity (Wildman–Crippen MR) is 65.6 cm³/mol. The van der Waals surface area contributed by atoms with E-state index in [1.54, 1.807) is 7.11 Å². The number of ether oxygens (including phenoxy) is 1. The molecule has 92 valence electrons. The number of carbonyl (C=O) groups is 1. The van der Waals surface area contributed by atoms with Gasteiger partial charge in [-0.3, -0.25) is 4.79 Å². The van der Waals surface area contributed by atoms with Crippen molar-refractivity contribution in [1.82, 2.24) is 0 Å². The maximum atomic E-state index is 11.0. The zero-order valence-electron chi connectivity index (χ0n) is 10.5. The summed E-state index contributed by atoms with van der Waals surface area (Å²) in [4.78, 5) is 11.0. The summed E-state index contributed by atoms with van der Waals surface area (Å²) < 4.78 is 5.42. The molecule has 1 aliphatic carbocycles. The van der Waals surface area contributed by atoms with Crippen molar-refractivity contribution < 1.29 is 14.6 Å². The van der Waals surface area contributed by atoms with Gasteiger partial charge in [0.15, 0.2) is 0 Å². The van der Waals surface area contributed by atoms with E-state index in [0.29, 0.717) is 0 Å². The lowest BCUT2D eigenvalue weighted by molar-refractivity contribution is -0.137. The highest BCUT2D eigenvalue weighted by Crippen LogP contribution is 2.55. The molecule has 1 aromatic carbocycles. The second kappa shape index (κ2) is 4.06. The number of carboxylic acid groups (broad SMARTS) is 1. The molecule has 0 spiro atoms. The first-order valence-corrected chi connectivity index (χ1v) is 5.86. The first-order chi connectivity index (χ1) is 7.98. The SMILES string of the molecule is COc1cc(C)cc(C)c1C1(CC(=O)O)CC1. The van der Waals surface area contributed by atoms with Crippen molar-refractivity contribution in [3.05, 3.63) is 28.8 Å². The number of hydrogen-bond acceptors (Lipinski definition) is 2. The van der Waals surface area contributed by atoms with Gasteiger partial charge in [0.25, 0.3) is 0 Å². The normalized spacial score (nSPS) is 16.6. The third-order valence-corrected chi connectivity index (χ3v) is 3.54. The molecule has 3 heteroatoms. The minimum atomic E-state index is -0.732. The highest BCUT2D eigenvalue weighted by atomic mass is 16.5. The fourth-order valence-corrected chi connectivity index (χ4v) is 2.72. The molecule has 0 heterocycles. The molecule has 0 atom stereocenters. The van der Waals surface area contributed by atoms with Crippen LogP contribution in [0.25, 0.3) is 0 Å². The molecule has 0 bridgehead atoms. The van der Waals surface area contributed by atoms with Gasteiger partial charge in [-0.05, 0) is 43.9 Å². The molecule has 1 N–H and O–H groups in total. The second-order valence-electron chi connectivity index (χ2n) is 5.01. The molecule has 0 aromatic heterocycles. The van der Waals surface area contributed by atoms with E-state index in [1.165, 1.54) is 0 Å². The highest BCUT2D eigenvalue weighted by Gasteiger charge is 2.48. The van der Waals surface area contributed by atoms with Gasteiger partial charge in [0.2, 0.25) is 0 Å². The summed E-state index contributed by atoms with van der Waals surface area (Å²) in [5, 5.41) is 9.02. The summed E-state index contributed by atoms with van der Waals surface area (Å²) in [6, 6.07) is 4.09. The van der Waals surface area contributed by atoms with Crippen LogP contribution in [0.3, 0.4) is 0 Å². The largest absolute Gasteiger partial charge is 0.496 e. The van der Waals surface area contributed by atoms with Crippen molar-refractivity contribution in [3.8, 4) is 5.75 Å². The van der Waals surface area contributed by atoms with Crippen LogP contribution in [0.15, 0.2) is 12.1 Å². The third kappa shape index (κ3) is 2.14. The van der Waals surface area contributed by atoms with Gasteiger partial charge in [0.05, 0.1) is 13.5 Å². The van der Waals surface area contributed by atoms with Gasteiger partial charge < -0.3 is 9.84 Å². The van der Waals surface area contributed by atoms with Gasteiger partial charge >= 0.3 is 5.97 Å². The van der Waals surface area contributed by atoms with Crippen molar-refractivity contribution >= 4 is 5.97 Å². The lowest BCUT2D eigenvalue weighted by atomic mass is 9.87. The van der Waals surface area contributed by atoms with Crippen molar-refractivity contribution in [2.24, 2.45) is 0 Å². The van der Waals surface area contributed by atoms with Gasteiger partial charge in [-0.1, -0.05) is 6.07 Å². The number of aryl methyl sites for hydroxylation is 2. The summed E-state index contributed by atoms with van der Waals surface area (Å²) in [7, 11) is 1.65. The van der Waals surface area contributed by atoms with E-state index in [4.69, 9.17) is 9.84 Å². The Hall–Kier alpha value is -1.51. The first-order valence-electron chi connectivity index (χ1n) is 5.86. The van der Waals surface area contributed by atoms with E-state index in [2.05, 4.69) is 6.07 Å². The van der Waals surface area contributed by atoms with Crippen LogP contribution in [0.2, 0.25) is 0 Å². The molecule has 1 fully saturated rings. The molecule has 1 aliphatic rings. The minimum absolute atomic E-state index is 0.186. The highest BCUT2D eigenvalue weighted by molar-refractivity contribution is 5.71. The van der Waals surface area contributed by atoms with Crippen LogP contribution < -0.4 is 4.74 Å². The van der Waals surface area contributed by atoms with Crippen LogP contribution in [0, 0.1) is 13.8 Å². The Morgan fingerprint density at radius 2 is 2.06 bits per heavy atom. The van der Waals surface area contributed by atoms with E-state index < -0.39 is 5.97 Å². The van der Waals surface area contributed by atoms with Crippen LogP contribution >= 0.6 is 0 Å². The van der Waals surface area contributed by atoms with Crippen LogP contribution in [-0.4, -0.2) is 18.2 Å². The maximum absolute atomic E-state index is 11.0. The molecule has 1 aromatic rings. The number of carboxylic acids is 1. The lowest BCUT2D eigenvalue weighted by Gasteiger charge is -2.20. The van der Waals surface area contributed by atoms with E-state index in [9.17, 15) is 4.79 Å². The van der Waals surface area contributed by atoms with E-state index in [0.717, 1.165) is 35.3 Å². The van der Waals surface area contributed by atoms with Crippen molar-refractivity contribution in [3.63, 3.8) is 0 Å². The molecule has 0 unspecified atom stereocenters. The summed E-state index contributed by atoms with van der Waals surface area (Å²) in [5.41, 5.74) is 3.19. The van der Waals surface area contributed by atoms with Crippen LogP contribution in [0.1, 0.15) is 36.0 Å². The fraction of sp³-hybridized carbons (Fsp3) is 0.500. The Kier molecular flexibility index (Phi) is 2.86. The molecule has 1 saturated carbocycles. The minimum Gasteiger partial charge on any atom is -0.496 e. The van der Waals surface area contributed by atoms with E-state index in [1.807, 2.05) is 19.9 Å². The molecule has 0 amide bonds. The van der Waals surface area contributed by atoms with E-state index in [-0.39, 0.29) is 11.8 Å². The van der Waals surface area contributed by atoms with E-state index >= 15 is 0 Å². The van der Waals surface area contributed by atoms with Gasteiger partial charge in [-0.25, -0.2) is 0 Å². The van der Waals surface area contributed by atoms with Crippen molar-refractivity contribution in [1.29, 1.82) is 0 Å². The summed E-state index contributed by atoms with van der Waals surface area (Å²) >= 11 is 0. The first kappa shape index (κ1) is 12.0. The number of aliphatic carboxylic acids is 1. The quantitative estimate of drug-likeness (QED) is 0.871. The Morgan fingerprint density at radius 1 is 1.41 bits per heavy atom. The third-order valence-electron chi connectivity index (χ3n) is 3.54. The Balaban J connectivity index is 2.48. The predicted octanol–water partition coefficient (Wildman–Crippen LogP) is 2.82. The smallest absolute Gasteiger partial charge is 0.304 e. The molecule has 3 nitrogen and oxygen atoms in total. The molecule has 0 aliphatic heterocycles. The number of rotatable bonds is 4. The number of methoxy groups -OCH3 is 1. The van der Waals surface area contributed by atoms with Crippen molar-refractivity contribution in [2.75, 3.05) is 7.11 Å². The summed E-state index contributed by atoms with van der Waals surface area (Å²) in [6.07, 6.45) is 2.09. The standard InChI is InChI=1S/C14H18O3/c1-9-6-10(2)13(11(7-9)17-3)14(4-5-14)8-12(15)16/h6-7H,4-5,8H2,1-3H3,(H,15,16). The average Bonchev–Trinajstić information content (AvgIpc) is 2.95. The Morgan fingerprint density at radius 3 is 2.53 bits per heavy atom. The monoisotopic (exact) mass is 234 g/mol. The molecule has 17 heavy (non-hydrogen) atoms. The molecule has 2 rings (SSSR count). The zero-order chi connectivity index (χ0) is 12.6. The molecule has 0 radical (unpaired) electrons. The van der Waals surface area contributed by atoms with Crippen LogP contribution in [-0.2, 0) is 10.2 Å². The second-order valence-corrected chi connectivity index (χ2v) is 5.01. The lowest BCUT2D eigenvalue weighted by Crippen LogP contribution is -2.15. The Labute approximate surface area is 101 Å². The number of hydrogen-bond donors (Lipinski definition) is 1. The summed E-state index contributed by atoms with van der Waals surface area (Å²) in [6.45, 7) is 4.06. The maximum Gasteiger partial charge on any atom is 0.304 e. The molecular weight excluding hydrogens is 216 g/mol. The van der Waals surface area contributed by atoms with Gasteiger partial charge in [-0.15, -0.1) is 0 Å². The average molecular weight is 234 g/mol. The van der Waals surface area contributed by atoms with Gasteiger partial charge in [0.1, 0.15) is 5.75 Å². The topological polar surface area (TPSA) is 46.5 Å². The summed E-state index contributed by atoms with van der Waals surface area (Å²) in [5.74, 6) is 0.103. The fourth-order valence-electron chi connectivity index (χ4n) is 2.72. The van der Waals surface area contributed by atoms with Crippen LogP contribution in [0.5, 0.6) is 5.75 Å².